The Morgan fingerprint density at radius 1 is 1.07 bits per heavy atom. The number of benzene rings is 2. The lowest BCUT2D eigenvalue weighted by molar-refractivity contribution is -0.153. The summed E-state index contributed by atoms with van der Waals surface area (Å²) in [6.07, 6.45) is 1.32. The zero-order chi connectivity index (χ0) is 21.8. The highest BCUT2D eigenvalue weighted by molar-refractivity contribution is 6.35. The van der Waals surface area contributed by atoms with Crippen LogP contribution in [0.1, 0.15) is 56.6 Å². The van der Waals surface area contributed by atoms with Crippen molar-refractivity contribution in [2.75, 3.05) is 0 Å². The molecule has 1 aliphatic heterocycles. The lowest BCUT2D eigenvalue weighted by atomic mass is 9.50. The number of carbonyl (C=O) groups excluding carboxylic acids is 1. The minimum Gasteiger partial charge on any atom is -0.389 e. The largest absolute Gasteiger partial charge is 0.389 e. The van der Waals surface area contributed by atoms with Gasteiger partial charge in [0.25, 0.3) is 0 Å². The molecular weight excluding hydrogens is 441 g/mol. The van der Waals surface area contributed by atoms with E-state index in [0.29, 0.717) is 21.5 Å². The summed E-state index contributed by atoms with van der Waals surface area (Å²) in [5.74, 6) is -0.0922. The molecule has 0 aromatic heterocycles. The summed E-state index contributed by atoms with van der Waals surface area (Å²) in [5, 5.41) is 16.2. The zero-order valence-corrected chi connectivity index (χ0v) is 19.5. The molecule has 2 aromatic carbocycles. The fourth-order valence-corrected chi connectivity index (χ4v) is 6.66. The second-order valence-corrected chi connectivity index (χ2v) is 10.5. The van der Waals surface area contributed by atoms with Gasteiger partial charge in [-0.2, -0.15) is 0 Å². The Morgan fingerprint density at radius 3 is 2.30 bits per heavy atom. The molecule has 0 radical (unpaired) electrons. The fourth-order valence-electron chi connectivity index (χ4n) is 5.98. The third-order valence-electron chi connectivity index (χ3n) is 7.25. The maximum absolute atomic E-state index is 13.2. The van der Waals surface area contributed by atoms with Gasteiger partial charge < -0.3 is 10.4 Å². The van der Waals surface area contributed by atoms with Crippen LogP contribution in [0.2, 0.25) is 15.1 Å². The average Bonchev–Trinajstić information content (AvgIpc) is 2.93. The van der Waals surface area contributed by atoms with E-state index in [0.717, 1.165) is 17.5 Å². The summed E-state index contributed by atoms with van der Waals surface area (Å²) in [5.41, 5.74) is 0.0898. The van der Waals surface area contributed by atoms with Crippen molar-refractivity contribution in [3.63, 3.8) is 0 Å². The van der Waals surface area contributed by atoms with Crippen molar-refractivity contribution in [1.82, 2.24) is 5.32 Å². The molecule has 3 nitrogen and oxygen atoms in total. The first-order chi connectivity index (χ1) is 14.1. The van der Waals surface area contributed by atoms with E-state index in [2.05, 4.69) is 5.32 Å². The van der Waals surface area contributed by atoms with E-state index < -0.39 is 11.0 Å². The maximum atomic E-state index is 13.2. The normalized spacial score (nSPS) is 31.4. The monoisotopic (exact) mass is 465 g/mol. The number of hydrogen-bond donors (Lipinski definition) is 2. The van der Waals surface area contributed by atoms with Gasteiger partial charge in [-0.05, 0) is 80.8 Å². The summed E-state index contributed by atoms with van der Waals surface area (Å²) in [7, 11) is 0. The van der Waals surface area contributed by atoms with E-state index in [1.807, 2.05) is 43.3 Å². The lowest BCUT2D eigenvalue weighted by Gasteiger charge is -2.52. The predicted octanol–water partition coefficient (Wildman–Crippen LogP) is 6.20. The number of aliphatic hydroxyl groups is 1. The van der Waals surface area contributed by atoms with Gasteiger partial charge >= 0.3 is 0 Å². The van der Waals surface area contributed by atoms with Crippen molar-refractivity contribution >= 4 is 40.7 Å². The number of amides is 1. The predicted molar refractivity (Wildman–Crippen MR) is 122 cm³/mol. The second kappa shape index (κ2) is 7.70. The average molecular weight is 467 g/mol. The molecule has 2 fully saturated rings. The van der Waals surface area contributed by atoms with Crippen LogP contribution in [0.4, 0.5) is 0 Å². The first-order valence-electron chi connectivity index (χ1n) is 10.3. The molecule has 1 amide bonds. The molecular formula is C24H26Cl3NO2. The van der Waals surface area contributed by atoms with Crippen LogP contribution >= 0.6 is 34.8 Å². The summed E-state index contributed by atoms with van der Waals surface area (Å²) < 4.78 is 0. The topological polar surface area (TPSA) is 49.3 Å². The van der Waals surface area contributed by atoms with Gasteiger partial charge in [0.1, 0.15) is 0 Å². The van der Waals surface area contributed by atoms with Gasteiger partial charge in [-0.1, -0.05) is 53.0 Å². The number of hydrogen-bond acceptors (Lipinski definition) is 2. The summed E-state index contributed by atoms with van der Waals surface area (Å²) in [4.78, 5) is 13.2. The smallest absolute Gasteiger partial charge is 0.229 e. The molecule has 160 valence electrons. The van der Waals surface area contributed by atoms with Crippen LogP contribution < -0.4 is 5.32 Å². The van der Waals surface area contributed by atoms with Crippen molar-refractivity contribution in [2.24, 2.45) is 11.3 Å². The van der Waals surface area contributed by atoms with E-state index in [4.69, 9.17) is 34.8 Å². The van der Waals surface area contributed by atoms with Crippen molar-refractivity contribution in [1.29, 1.82) is 0 Å². The van der Waals surface area contributed by atoms with Gasteiger partial charge in [0, 0.05) is 27.0 Å². The molecule has 1 heterocycles. The third-order valence-corrected chi connectivity index (χ3v) is 8.06. The van der Waals surface area contributed by atoms with E-state index in [-0.39, 0.29) is 29.7 Å². The Bertz CT molecular complexity index is 969. The highest BCUT2D eigenvalue weighted by Crippen LogP contribution is 2.62. The van der Waals surface area contributed by atoms with Crippen LogP contribution in [0, 0.1) is 11.3 Å². The highest BCUT2D eigenvalue weighted by atomic mass is 35.5. The number of fused-ring (bicyclic) bond motifs is 1. The van der Waals surface area contributed by atoms with E-state index in [1.165, 1.54) is 0 Å². The Balaban J connectivity index is 1.92. The molecule has 1 aliphatic carbocycles. The molecule has 2 aliphatic rings. The molecule has 1 saturated carbocycles. The first-order valence-corrected chi connectivity index (χ1v) is 11.4. The minimum atomic E-state index is -1.16. The standard InChI is InChI=1S/C24H26Cl3NO2/c1-13-21-20(14-4-6-15(25)7-5-14)18(17-9-8-16(26)12-19(17)27)10-11-24(21,22(29)28-13)23(2,3)30/h4-9,12-13,18,20-21,30H,10-11H2,1-3H3,(H,28,29)/t13-,18+,20+,21+,24+/m1/s1. The molecule has 2 N–H and O–H groups in total. The molecule has 0 spiro atoms. The Kier molecular flexibility index (Phi) is 5.64. The highest BCUT2D eigenvalue weighted by Gasteiger charge is 2.66. The molecule has 5 atom stereocenters. The van der Waals surface area contributed by atoms with Gasteiger partial charge in [-0.15, -0.1) is 0 Å². The van der Waals surface area contributed by atoms with Crippen molar-refractivity contribution in [2.45, 2.75) is 57.1 Å². The quantitative estimate of drug-likeness (QED) is 0.566. The first kappa shape index (κ1) is 22.0. The second-order valence-electron chi connectivity index (χ2n) is 9.21. The number of halogens is 3. The molecule has 2 aromatic rings. The van der Waals surface area contributed by atoms with Crippen LogP contribution in [0.25, 0.3) is 0 Å². The van der Waals surface area contributed by atoms with Crippen LogP contribution in [0.15, 0.2) is 42.5 Å². The molecule has 1 saturated heterocycles. The lowest BCUT2D eigenvalue weighted by Crippen LogP contribution is -2.56. The summed E-state index contributed by atoms with van der Waals surface area (Å²) >= 11 is 19.0. The molecule has 30 heavy (non-hydrogen) atoms. The van der Waals surface area contributed by atoms with Gasteiger partial charge in [0.2, 0.25) is 5.91 Å². The third kappa shape index (κ3) is 3.35. The Hall–Kier alpha value is -1.26. The molecule has 6 heteroatoms. The van der Waals surface area contributed by atoms with Gasteiger partial charge in [0.15, 0.2) is 0 Å². The number of nitrogens with one attached hydrogen (secondary N) is 1. The van der Waals surface area contributed by atoms with E-state index in [1.54, 1.807) is 19.9 Å². The van der Waals surface area contributed by atoms with Crippen LogP contribution in [-0.4, -0.2) is 22.7 Å². The Labute approximate surface area is 192 Å². The molecule has 4 rings (SSSR count). The van der Waals surface area contributed by atoms with Crippen LogP contribution in [0.5, 0.6) is 0 Å². The Morgan fingerprint density at radius 2 is 1.70 bits per heavy atom. The van der Waals surface area contributed by atoms with Crippen molar-refractivity contribution in [3.8, 4) is 0 Å². The SMILES string of the molecule is C[C@H]1NC(=O)[C@]2(C(C)(C)O)CC[C@@H](c3ccc(Cl)cc3Cl)[C@H](c3ccc(Cl)cc3)[C@H]12. The number of carbonyl (C=O) groups is 1. The molecule has 0 bridgehead atoms. The van der Waals surface area contributed by atoms with Gasteiger partial charge in [-0.25, -0.2) is 0 Å². The zero-order valence-electron chi connectivity index (χ0n) is 17.3. The van der Waals surface area contributed by atoms with Crippen molar-refractivity contribution < 1.29 is 9.90 Å². The number of rotatable bonds is 3. The van der Waals surface area contributed by atoms with E-state index >= 15 is 0 Å². The van der Waals surface area contributed by atoms with Gasteiger partial charge in [0.05, 0.1) is 11.0 Å². The van der Waals surface area contributed by atoms with Crippen LogP contribution in [0.3, 0.4) is 0 Å². The maximum Gasteiger partial charge on any atom is 0.229 e. The summed E-state index contributed by atoms with van der Waals surface area (Å²) in [6, 6.07) is 13.4. The van der Waals surface area contributed by atoms with E-state index in [9.17, 15) is 9.90 Å². The minimum absolute atomic E-state index is 0.0185. The summed E-state index contributed by atoms with van der Waals surface area (Å²) in [6.45, 7) is 5.54. The van der Waals surface area contributed by atoms with Gasteiger partial charge in [-0.3, -0.25) is 4.79 Å². The van der Waals surface area contributed by atoms with Crippen molar-refractivity contribution in [3.05, 3.63) is 68.7 Å². The fraction of sp³-hybridized carbons (Fsp3) is 0.458. The molecule has 0 unspecified atom stereocenters. The van der Waals surface area contributed by atoms with Crippen LogP contribution in [-0.2, 0) is 4.79 Å².